The molecule has 0 aliphatic heterocycles. The van der Waals surface area contributed by atoms with Crippen molar-refractivity contribution in [1.82, 2.24) is 0 Å². The first-order chi connectivity index (χ1) is 40.7. The average molecular weight is 1120 g/mol. The molecule has 83 heavy (non-hydrogen) atoms. The summed E-state index contributed by atoms with van der Waals surface area (Å²) in [6.45, 7) is 6.65. The van der Waals surface area contributed by atoms with Crippen molar-refractivity contribution in [3.63, 3.8) is 0 Å². The van der Waals surface area contributed by atoms with E-state index in [1.54, 1.807) is 18.2 Å². The van der Waals surface area contributed by atoms with Crippen LogP contribution in [0.15, 0.2) is 200 Å². The molecule has 9 aromatic rings. The highest BCUT2D eigenvalue weighted by Crippen LogP contribution is 2.40. The van der Waals surface area contributed by atoms with Crippen molar-refractivity contribution in [3.05, 3.63) is 251 Å². The van der Waals surface area contributed by atoms with Crippen molar-refractivity contribution in [2.24, 2.45) is 0 Å². The Morgan fingerprint density at radius 1 is 0.229 bits per heavy atom. The molecule has 0 atom stereocenters. The summed E-state index contributed by atoms with van der Waals surface area (Å²) in [5, 5.41) is 0. The summed E-state index contributed by atoms with van der Waals surface area (Å²) in [6, 6.07) is 68.3. The molecule has 0 spiro atoms. The van der Waals surface area contributed by atoms with Crippen LogP contribution in [0.2, 0.25) is 0 Å². The number of aryl methyl sites for hydroxylation is 6. The van der Waals surface area contributed by atoms with Gasteiger partial charge in [-0.3, -0.25) is 0 Å². The molecule has 0 aliphatic carbocycles. The lowest BCUT2D eigenvalue weighted by atomic mass is 9.97. The molecule has 0 unspecified atom stereocenters. The monoisotopic (exact) mass is 1120 g/mol. The topological polar surface area (TPSA) is 0 Å². The van der Waals surface area contributed by atoms with Gasteiger partial charge in [0.05, 0.1) is 0 Å². The first-order valence-corrected chi connectivity index (χ1v) is 33.3. The van der Waals surface area contributed by atoms with Gasteiger partial charge in [0.2, 0.25) is 0 Å². The zero-order valence-corrected chi connectivity index (χ0v) is 50.6. The fourth-order valence-electron chi connectivity index (χ4n) is 11.6. The average Bonchev–Trinajstić information content (AvgIpc) is 3.58. The maximum atomic E-state index is 15.6. The molecule has 9 aromatic carbocycles. The van der Waals surface area contributed by atoms with E-state index in [0.717, 1.165) is 108 Å². The predicted octanol–water partition coefficient (Wildman–Crippen LogP) is 23.4. The minimum absolute atomic E-state index is 0.118. The first kappa shape index (κ1) is 60.8. The van der Waals surface area contributed by atoms with Crippen molar-refractivity contribution in [2.45, 2.75) is 143 Å². The van der Waals surface area contributed by atoms with Gasteiger partial charge < -0.3 is 0 Å². The normalized spacial score (nSPS) is 11.5. The second-order valence-corrected chi connectivity index (χ2v) is 25.8. The molecule has 0 aromatic heterocycles. The van der Waals surface area contributed by atoms with Crippen LogP contribution in [-0.4, -0.2) is 18.5 Å². The molecule has 0 radical (unpaired) electrons. The Kier molecular flexibility index (Phi) is 23.2. The number of hydrogen-bond donors (Lipinski definition) is 0. The first-order valence-electron chi connectivity index (χ1n) is 31.4. The van der Waals surface area contributed by atoms with Crippen LogP contribution < -0.4 is 0 Å². The molecule has 0 N–H and O–H groups in total. The SMILES string of the molecule is CCCCCc1ccc(-c2ccc(-c3ccc(CCCCP(CCCCc4ccc(-c5ccc(-c6ccc(CCCC)cc6)cc5F)cc4)CCCCc4ccc(-c5ccc(-c6ccc(CCCC)cc6)cc5F)cc4)cc3)c(F)c2)cc1. The number of hydrogen-bond acceptors (Lipinski definition) is 0. The summed E-state index contributed by atoms with van der Waals surface area (Å²) in [5.74, 6) is -0.563. The van der Waals surface area contributed by atoms with Gasteiger partial charge in [0.25, 0.3) is 0 Å². The van der Waals surface area contributed by atoms with E-state index >= 15 is 13.2 Å². The molecule has 0 heterocycles. The maximum Gasteiger partial charge on any atom is 0.131 e. The van der Waals surface area contributed by atoms with E-state index in [9.17, 15) is 0 Å². The Balaban J connectivity index is 0.767. The fraction of sp³-hybridized carbons (Fsp3) is 0.316. The predicted molar refractivity (Wildman–Crippen MR) is 353 cm³/mol. The van der Waals surface area contributed by atoms with Crippen molar-refractivity contribution in [3.8, 4) is 66.8 Å². The quantitative estimate of drug-likeness (QED) is 0.0300. The van der Waals surface area contributed by atoms with Crippen LogP contribution in [-0.2, 0) is 38.5 Å². The highest BCUT2D eigenvalue weighted by atomic mass is 31.1. The van der Waals surface area contributed by atoms with Gasteiger partial charge in [-0.25, -0.2) is 13.2 Å². The summed E-state index contributed by atoms with van der Waals surface area (Å²) in [5.41, 5.74) is 18.4. The molecule has 0 fully saturated rings. The summed E-state index contributed by atoms with van der Waals surface area (Å²) in [6.07, 6.45) is 25.6. The van der Waals surface area contributed by atoms with Crippen molar-refractivity contribution < 1.29 is 13.2 Å². The Bertz CT molecular complexity index is 3220. The molecule has 0 aliphatic rings. The zero-order valence-electron chi connectivity index (χ0n) is 49.7. The van der Waals surface area contributed by atoms with E-state index in [4.69, 9.17) is 0 Å². The summed E-state index contributed by atoms with van der Waals surface area (Å²) >= 11 is 0. The number of unbranched alkanes of at least 4 members (excludes halogenated alkanes) is 7. The van der Waals surface area contributed by atoms with Gasteiger partial charge in [-0.05, 0) is 216 Å². The number of benzene rings is 9. The standard InChI is InChI=1S/C79H86F3P/c1-4-7-10-19-61-27-39-67(40-28-61)73-49-52-76(79(82)58-73)70-45-33-64(34-46-70)22-13-16-55-83(53-14-11-20-62-29-41-68(42-30-62)74-50-47-71(56-77(74)80)65-35-23-59(24-36-65)17-8-5-2)54-15-12-21-63-31-43-69(44-32-63)75-51-48-72(57-78(75)81)66-37-25-60(26-38-66)18-9-6-3/h23-52,56-58H,4-22,53-55H2,1-3H3. The lowest BCUT2D eigenvalue weighted by Crippen LogP contribution is -1.99. The van der Waals surface area contributed by atoms with Crippen LogP contribution in [0.25, 0.3) is 66.8 Å². The van der Waals surface area contributed by atoms with Crippen LogP contribution in [0.4, 0.5) is 13.2 Å². The largest absolute Gasteiger partial charge is 0.206 e. The zero-order chi connectivity index (χ0) is 57.6. The van der Waals surface area contributed by atoms with Crippen molar-refractivity contribution in [1.29, 1.82) is 0 Å². The van der Waals surface area contributed by atoms with Gasteiger partial charge in [-0.1, -0.05) is 228 Å². The fourth-order valence-corrected chi connectivity index (χ4v) is 14.3. The Morgan fingerprint density at radius 3 is 0.687 bits per heavy atom. The van der Waals surface area contributed by atoms with Gasteiger partial charge in [-0.2, -0.15) is 0 Å². The van der Waals surface area contributed by atoms with Crippen LogP contribution >= 0.6 is 7.92 Å². The van der Waals surface area contributed by atoms with E-state index in [0.29, 0.717) is 16.7 Å². The van der Waals surface area contributed by atoms with E-state index in [2.05, 4.69) is 166 Å². The van der Waals surface area contributed by atoms with E-state index < -0.39 is 0 Å². The molecule has 0 amide bonds. The van der Waals surface area contributed by atoms with Crippen LogP contribution in [0, 0.1) is 17.5 Å². The molecule has 0 bridgehead atoms. The third kappa shape index (κ3) is 17.9. The third-order valence-electron chi connectivity index (χ3n) is 16.8. The van der Waals surface area contributed by atoms with E-state index in [1.165, 1.54) is 116 Å². The summed E-state index contributed by atoms with van der Waals surface area (Å²) < 4.78 is 46.8. The number of rotatable bonds is 31. The lowest BCUT2D eigenvalue weighted by molar-refractivity contribution is 0.631. The summed E-state index contributed by atoms with van der Waals surface area (Å²) in [4.78, 5) is 0. The van der Waals surface area contributed by atoms with Gasteiger partial charge in [0.15, 0.2) is 0 Å². The van der Waals surface area contributed by atoms with Crippen LogP contribution in [0.1, 0.15) is 138 Å². The van der Waals surface area contributed by atoms with Gasteiger partial charge >= 0.3 is 0 Å². The van der Waals surface area contributed by atoms with Gasteiger partial charge in [0, 0.05) is 16.7 Å². The smallest absolute Gasteiger partial charge is 0.131 e. The molecule has 428 valence electrons. The van der Waals surface area contributed by atoms with Gasteiger partial charge in [-0.15, -0.1) is 7.92 Å². The minimum atomic E-state index is -0.188. The Hall–Kier alpha value is -6.80. The molecular formula is C79H86F3P. The van der Waals surface area contributed by atoms with Crippen LogP contribution in [0.3, 0.4) is 0 Å². The summed E-state index contributed by atoms with van der Waals surface area (Å²) in [7, 11) is -0.118. The third-order valence-corrected chi connectivity index (χ3v) is 19.7. The van der Waals surface area contributed by atoms with Crippen molar-refractivity contribution in [2.75, 3.05) is 18.5 Å². The molecular weight excluding hydrogens is 1040 g/mol. The molecule has 0 nitrogen and oxygen atoms in total. The molecule has 4 heteroatoms. The second kappa shape index (κ2) is 31.7. The maximum absolute atomic E-state index is 15.6. The van der Waals surface area contributed by atoms with Gasteiger partial charge in [0.1, 0.15) is 17.5 Å². The molecule has 0 saturated carbocycles. The highest BCUT2D eigenvalue weighted by molar-refractivity contribution is 7.57. The van der Waals surface area contributed by atoms with E-state index in [1.807, 2.05) is 36.4 Å². The second-order valence-electron chi connectivity index (χ2n) is 23.1. The Morgan fingerprint density at radius 2 is 0.446 bits per heavy atom. The van der Waals surface area contributed by atoms with E-state index in [-0.39, 0.29) is 25.4 Å². The lowest BCUT2D eigenvalue weighted by Gasteiger charge is -2.18. The van der Waals surface area contributed by atoms with Crippen molar-refractivity contribution >= 4 is 7.92 Å². The molecule has 0 saturated heterocycles. The minimum Gasteiger partial charge on any atom is -0.206 e. The highest BCUT2D eigenvalue weighted by Gasteiger charge is 2.14. The van der Waals surface area contributed by atoms with Crippen LogP contribution in [0.5, 0.6) is 0 Å². The Labute approximate surface area is 497 Å². The molecule has 9 rings (SSSR count). The number of halogens is 3.